The molecule has 0 fully saturated rings. The molecule has 0 aromatic heterocycles. The van der Waals surface area contributed by atoms with E-state index in [2.05, 4.69) is 5.32 Å². The van der Waals surface area contributed by atoms with Crippen molar-refractivity contribution in [3.8, 4) is 0 Å². The van der Waals surface area contributed by atoms with Crippen LogP contribution in [-0.4, -0.2) is 36.6 Å². The van der Waals surface area contributed by atoms with Crippen LogP contribution in [0.25, 0.3) is 0 Å². The van der Waals surface area contributed by atoms with Crippen LogP contribution < -0.4 is 5.32 Å². The van der Waals surface area contributed by atoms with Gasteiger partial charge in [0.2, 0.25) is 0 Å². The minimum absolute atomic E-state index is 0.0229. The fourth-order valence-corrected chi connectivity index (χ4v) is 0.969. The lowest BCUT2D eigenvalue weighted by atomic mass is 10.2. The Hall–Kier alpha value is -1.59. The first-order valence-corrected chi connectivity index (χ1v) is 5.88. The molecule has 0 bridgehead atoms. The second-order valence-electron chi connectivity index (χ2n) is 4.72. The van der Waals surface area contributed by atoms with Crippen LogP contribution in [0.3, 0.4) is 0 Å². The summed E-state index contributed by atoms with van der Waals surface area (Å²) in [5.74, 6) is -0.743. The van der Waals surface area contributed by atoms with E-state index in [0.29, 0.717) is 6.42 Å². The lowest BCUT2D eigenvalue weighted by Crippen LogP contribution is -2.34. The number of nitrogens with one attached hydrogen (secondary N) is 1. The van der Waals surface area contributed by atoms with Gasteiger partial charge in [0.15, 0.2) is 0 Å². The summed E-state index contributed by atoms with van der Waals surface area (Å²) >= 11 is 0. The smallest absolute Gasteiger partial charge is 0.407 e. The summed E-state index contributed by atoms with van der Waals surface area (Å²) in [6.45, 7) is 7.12. The summed E-state index contributed by atoms with van der Waals surface area (Å²) in [6.07, 6.45) is -0.475. The van der Waals surface area contributed by atoms with Crippen LogP contribution in [0.5, 0.6) is 0 Å². The number of Topliss-reactive ketones (excluding diaryl/α,β-unsaturated/α-hetero) is 1. The number of alkyl carbamates (subject to hydrolysis) is 1. The maximum Gasteiger partial charge on any atom is 0.407 e. The fourth-order valence-electron chi connectivity index (χ4n) is 0.969. The molecular weight excluding hydrogens is 238 g/mol. The Balaban J connectivity index is 3.65. The van der Waals surface area contributed by atoms with Gasteiger partial charge in [-0.2, -0.15) is 0 Å². The fraction of sp³-hybridized carbons (Fsp3) is 0.750. The van der Waals surface area contributed by atoms with E-state index in [1.807, 2.05) is 0 Å². The number of carbonyl (C=O) groups is 3. The van der Waals surface area contributed by atoms with E-state index in [1.54, 1.807) is 27.7 Å². The predicted octanol–water partition coefficient (Wildman–Crippen LogP) is 1.42. The van der Waals surface area contributed by atoms with Gasteiger partial charge in [0.1, 0.15) is 24.4 Å². The number of carbonyl (C=O) groups excluding carboxylic acids is 3. The van der Waals surface area contributed by atoms with E-state index in [1.165, 1.54) is 0 Å². The molecule has 0 aliphatic carbocycles. The Morgan fingerprint density at radius 3 is 2.28 bits per heavy atom. The van der Waals surface area contributed by atoms with Crippen molar-refractivity contribution in [1.82, 2.24) is 5.32 Å². The summed E-state index contributed by atoms with van der Waals surface area (Å²) in [5, 5.41) is 2.44. The molecule has 0 aliphatic rings. The average molecular weight is 259 g/mol. The standard InChI is InChI=1S/C12H21NO5/c1-5-9(14)8-10(15)17-7-6-13-11(16)18-12(2,3)4/h5-8H2,1-4H3,(H,13,16). The molecule has 6 heteroatoms. The highest BCUT2D eigenvalue weighted by molar-refractivity contribution is 5.95. The lowest BCUT2D eigenvalue weighted by Gasteiger charge is -2.19. The molecule has 0 heterocycles. The quantitative estimate of drug-likeness (QED) is 0.443. The molecule has 0 spiro atoms. The molecular formula is C12H21NO5. The molecule has 0 radical (unpaired) electrons. The average Bonchev–Trinajstić information content (AvgIpc) is 2.21. The first-order valence-electron chi connectivity index (χ1n) is 5.88. The maximum absolute atomic E-state index is 11.2. The van der Waals surface area contributed by atoms with Gasteiger partial charge < -0.3 is 14.8 Å². The second-order valence-corrected chi connectivity index (χ2v) is 4.72. The minimum Gasteiger partial charge on any atom is -0.463 e. The summed E-state index contributed by atoms with van der Waals surface area (Å²) in [7, 11) is 0. The van der Waals surface area contributed by atoms with E-state index in [-0.39, 0.29) is 25.4 Å². The molecule has 0 aromatic rings. The van der Waals surface area contributed by atoms with E-state index in [4.69, 9.17) is 9.47 Å². The van der Waals surface area contributed by atoms with E-state index < -0.39 is 17.7 Å². The van der Waals surface area contributed by atoms with E-state index in [0.717, 1.165) is 0 Å². The van der Waals surface area contributed by atoms with E-state index >= 15 is 0 Å². The molecule has 0 aromatic carbocycles. The molecule has 6 nitrogen and oxygen atoms in total. The Kier molecular flexibility index (Phi) is 7.00. The molecule has 1 amide bonds. The second kappa shape index (κ2) is 7.68. The van der Waals surface area contributed by atoms with Crippen LogP contribution in [0.1, 0.15) is 40.5 Å². The molecule has 0 atom stereocenters. The van der Waals surface area contributed by atoms with Gasteiger partial charge in [-0.05, 0) is 20.8 Å². The maximum atomic E-state index is 11.2. The van der Waals surface area contributed by atoms with Crippen molar-refractivity contribution in [3.63, 3.8) is 0 Å². The third-order valence-electron chi connectivity index (χ3n) is 1.77. The number of hydrogen-bond donors (Lipinski definition) is 1. The first kappa shape index (κ1) is 16.4. The Labute approximate surface area is 107 Å². The van der Waals surface area contributed by atoms with Gasteiger partial charge in [-0.15, -0.1) is 0 Å². The van der Waals surface area contributed by atoms with Gasteiger partial charge in [-0.25, -0.2) is 4.79 Å². The van der Waals surface area contributed by atoms with Gasteiger partial charge in [0.25, 0.3) is 0 Å². The van der Waals surface area contributed by atoms with Crippen LogP contribution in [0, 0.1) is 0 Å². The van der Waals surface area contributed by atoms with Crippen molar-refractivity contribution in [2.45, 2.75) is 46.1 Å². The summed E-state index contributed by atoms with van der Waals surface area (Å²) < 4.78 is 9.75. The third-order valence-corrected chi connectivity index (χ3v) is 1.77. The van der Waals surface area contributed by atoms with Gasteiger partial charge in [-0.1, -0.05) is 6.92 Å². The highest BCUT2D eigenvalue weighted by Crippen LogP contribution is 2.06. The monoisotopic (exact) mass is 259 g/mol. The van der Waals surface area contributed by atoms with Crippen LogP contribution in [0.15, 0.2) is 0 Å². The number of rotatable bonds is 6. The molecule has 1 N–H and O–H groups in total. The lowest BCUT2D eigenvalue weighted by molar-refractivity contribution is -0.145. The van der Waals surface area contributed by atoms with Crippen LogP contribution in [-0.2, 0) is 19.1 Å². The van der Waals surface area contributed by atoms with Crippen LogP contribution >= 0.6 is 0 Å². The molecule has 0 saturated heterocycles. The summed E-state index contributed by atoms with van der Waals surface area (Å²) in [4.78, 5) is 33.2. The molecule has 0 unspecified atom stereocenters. The van der Waals surface area contributed by atoms with Crippen molar-refractivity contribution < 1.29 is 23.9 Å². The number of esters is 1. The summed E-state index contributed by atoms with van der Waals surface area (Å²) in [6, 6.07) is 0. The van der Waals surface area contributed by atoms with Crippen molar-refractivity contribution in [3.05, 3.63) is 0 Å². The van der Waals surface area contributed by atoms with Crippen molar-refractivity contribution in [2.24, 2.45) is 0 Å². The van der Waals surface area contributed by atoms with Gasteiger partial charge in [0, 0.05) is 6.42 Å². The first-order chi connectivity index (χ1) is 8.24. The molecule has 104 valence electrons. The minimum atomic E-state index is -0.576. The summed E-state index contributed by atoms with van der Waals surface area (Å²) in [5.41, 5.74) is -0.561. The molecule has 0 saturated carbocycles. The molecule has 0 rings (SSSR count). The topological polar surface area (TPSA) is 81.7 Å². The van der Waals surface area contributed by atoms with Crippen molar-refractivity contribution in [2.75, 3.05) is 13.2 Å². The van der Waals surface area contributed by atoms with E-state index in [9.17, 15) is 14.4 Å². The number of hydrogen-bond acceptors (Lipinski definition) is 5. The predicted molar refractivity (Wildman–Crippen MR) is 65.1 cm³/mol. The number of ketones is 1. The van der Waals surface area contributed by atoms with Gasteiger partial charge in [-0.3, -0.25) is 9.59 Å². The zero-order valence-corrected chi connectivity index (χ0v) is 11.4. The van der Waals surface area contributed by atoms with Gasteiger partial charge in [0.05, 0.1) is 6.54 Å². The third kappa shape index (κ3) is 9.62. The number of ether oxygens (including phenoxy) is 2. The zero-order valence-electron chi connectivity index (χ0n) is 11.4. The largest absolute Gasteiger partial charge is 0.463 e. The normalized spacial score (nSPS) is 10.7. The highest BCUT2D eigenvalue weighted by atomic mass is 16.6. The van der Waals surface area contributed by atoms with Crippen LogP contribution in [0.4, 0.5) is 4.79 Å². The molecule has 0 aliphatic heterocycles. The van der Waals surface area contributed by atoms with Gasteiger partial charge >= 0.3 is 12.1 Å². The Morgan fingerprint density at radius 2 is 1.78 bits per heavy atom. The highest BCUT2D eigenvalue weighted by Gasteiger charge is 2.15. The SMILES string of the molecule is CCC(=O)CC(=O)OCCNC(=O)OC(C)(C)C. The van der Waals surface area contributed by atoms with Crippen molar-refractivity contribution >= 4 is 17.8 Å². The zero-order chi connectivity index (χ0) is 14.2. The molecule has 18 heavy (non-hydrogen) atoms. The number of amides is 1. The Morgan fingerprint density at radius 1 is 1.17 bits per heavy atom. The van der Waals surface area contributed by atoms with Crippen molar-refractivity contribution in [1.29, 1.82) is 0 Å². The van der Waals surface area contributed by atoms with Crippen LogP contribution in [0.2, 0.25) is 0 Å². The Bertz CT molecular complexity index is 306.